The molecular weight excluding hydrogens is 462 g/mol. The molecule has 0 amide bonds. The Labute approximate surface area is 225 Å². The Morgan fingerprint density at radius 3 is 2.00 bits per heavy atom. The fraction of sp³-hybridized carbons (Fsp3) is 0.111. The molecule has 1 saturated heterocycles. The van der Waals surface area contributed by atoms with E-state index in [0.717, 1.165) is 39.5 Å². The van der Waals surface area contributed by atoms with E-state index >= 15 is 0 Å². The van der Waals surface area contributed by atoms with Crippen LogP contribution in [0.1, 0.15) is 16.7 Å². The maximum absolute atomic E-state index is 6.75. The van der Waals surface area contributed by atoms with Crippen molar-refractivity contribution in [1.29, 1.82) is 0 Å². The predicted octanol–water partition coefficient (Wildman–Crippen LogP) is 9.17. The third kappa shape index (κ3) is 4.39. The molecule has 0 bridgehead atoms. The van der Waals surface area contributed by atoms with Gasteiger partial charge in [-0.1, -0.05) is 115 Å². The molecule has 1 aliphatic heterocycles. The fourth-order valence-corrected chi connectivity index (χ4v) is 5.28. The molecule has 2 aliphatic rings. The molecule has 6 rings (SSSR count). The summed E-state index contributed by atoms with van der Waals surface area (Å²) in [6, 6.07) is 36.6. The molecule has 4 aromatic carbocycles. The zero-order chi connectivity index (χ0) is 26.1. The maximum Gasteiger partial charge on any atom is 0.148 e. The Morgan fingerprint density at radius 1 is 0.684 bits per heavy atom. The number of para-hydroxylation sites is 1. The van der Waals surface area contributed by atoms with Crippen molar-refractivity contribution < 1.29 is 4.74 Å². The minimum atomic E-state index is -0.0559. The molecule has 1 heterocycles. The molecule has 0 saturated carbocycles. The maximum atomic E-state index is 6.75. The second kappa shape index (κ2) is 10.1. The average Bonchev–Trinajstić information content (AvgIpc) is 3.29. The van der Waals surface area contributed by atoms with E-state index in [1.54, 1.807) is 0 Å². The molecule has 0 N–H and O–H groups in total. The Bertz CT molecular complexity index is 1560. The molecule has 2 atom stereocenters. The zero-order valence-corrected chi connectivity index (χ0v) is 21.8. The van der Waals surface area contributed by atoms with Crippen molar-refractivity contribution in [2.24, 2.45) is 5.92 Å². The van der Waals surface area contributed by atoms with Crippen molar-refractivity contribution in [3.8, 4) is 11.1 Å². The van der Waals surface area contributed by atoms with Gasteiger partial charge in [-0.3, -0.25) is 0 Å². The highest BCUT2D eigenvalue weighted by Gasteiger charge is 2.38. The van der Waals surface area contributed by atoms with Crippen molar-refractivity contribution in [3.05, 3.63) is 162 Å². The van der Waals surface area contributed by atoms with E-state index in [2.05, 4.69) is 153 Å². The molecular formula is C36H31NO. The third-order valence-electron chi connectivity index (χ3n) is 7.32. The lowest BCUT2D eigenvalue weighted by molar-refractivity contribution is 0.185. The number of anilines is 2. The lowest BCUT2D eigenvalue weighted by Gasteiger charge is -2.31. The second-order valence-corrected chi connectivity index (χ2v) is 10.00. The van der Waals surface area contributed by atoms with Crippen molar-refractivity contribution in [2.45, 2.75) is 20.0 Å². The van der Waals surface area contributed by atoms with Gasteiger partial charge >= 0.3 is 0 Å². The van der Waals surface area contributed by atoms with Crippen LogP contribution < -0.4 is 4.90 Å². The molecule has 4 aromatic rings. The standard InChI is InChI=1S/C36H31NO/c1-25-17-21-28(22-18-25)32-14-7-8-15-33(32)35(36-27(3)31-13-9-10-16-34(31)38-36)37(29-11-5-4-6-12-29)30-23-19-26(2)20-24-30/h4-24,31,34H,3H2,1-2H3/b36-35-. The number of fused-ring (bicyclic) bond motifs is 1. The quantitative estimate of drug-likeness (QED) is 0.275. The van der Waals surface area contributed by atoms with Crippen LogP contribution >= 0.6 is 0 Å². The van der Waals surface area contributed by atoms with Crippen LogP contribution in [-0.2, 0) is 4.74 Å². The number of allylic oxidation sites excluding steroid dienone is 3. The summed E-state index contributed by atoms with van der Waals surface area (Å²) in [5, 5.41) is 0. The van der Waals surface area contributed by atoms with Crippen LogP contribution in [0.2, 0.25) is 0 Å². The van der Waals surface area contributed by atoms with Crippen LogP contribution in [0.25, 0.3) is 16.8 Å². The minimum Gasteiger partial charge on any atom is -0.483 e. The molecule has 38 heavy (non-hydrogen) atoms. The first kappa shape index (κ1) is 23.8. The molecule has 0 radical (unpaired) electrons. The first-order valence-electron chi connectivity index (χ1n) is 13.1. The number of aryl methyl sites for hydroxylation is 2. The van der Waals surface area contributed by atoms with Gasteiger partial charge in [0.2, 0.25) is 0 Å². The molecule has 2 heteroatoms. The molecule has 1 fully saturated rings. The SMILES string of the molecule is C=C1/C(=C(\c2ccccc2-c2ccc(C)cc2)N(c2ccccc2)c2ccc(C)cc2)OC2C=CC=CC12. The molecule has 0 aromatic heterocycles. The number of benzene rings is 4. The Hall–Kier alpha value is -4.56. The van der Waals surface area contributed by atoms with Gasteiger partial charge < -0.3 is 9.64 Å². The first-order chi connectivity index (χ1) is 18.6. The Balaban J connectivity index is 1.65. The fourth-order valence-electron chi connectivity index (χ4n) is 5.28. The zero-order valence-electron chi connectivity index (χ0n) is 21.8. The van der Waals surface area contributed by atoms with Gasteiger partial charge in [0.15, 0.2) is 0 Å². The van der Waals surface area contributed by atoms with Gasteiger partial charge in [0.25, 0.3) is 0 Å². The summed E-state index contributed by atoms with van der Waals surface area (Å²) in [4.78, 5) is 2.32. The number of ether oxygens (including phenoxy) is 1. The normalized spacial score (nSPS) is 19.2. The summed E-state index contributed by atoms with van der Waals surface area (Å²) >= 11 is 0. The smallest absolute Gasteiger partial charge is 0.148 e. The summed E-state index contributed by atoms with van der Waals surface area (Å²) in [6.07, 6.45) is 8.42. The summed E-state index contributed by atoms with van der Waals surface area (Å²) in [7, 11) is 0. The lowest BCUT2D eigenvalue weighted by atomic mass is 9.90. The highest BCUT2D eigenvalue weighted by molar-refractivity contribution is 5.95. The first-order valence-corrected chi connectivity index (χ1v) is 13.1. The minimum absolute atomic E-state index is 0.0559. The highest BCUT2D eigenvalue weighted by Crippen LogP contribution is 2.47. The topological polar surface area (TPSA) is 12.5 Å². The van der Waals surface area contributed by atoms with Gasteiger partial charge in [-0.05, 0) is 55.3 Å². The monoisotopic (exact) mass is 493 g/mol. The van der Waals surface area contributed by atoms with Crippen molar-refractivity contribution >= 4 is 17.1 Å². The van der Waals surface area contributed by atoms with Crippen molar-refractivity contribution in [2.75, 3.05) is 4.90 Å². The predicted molar refractivity (Wildman–Crippen MR) is 159 cm³/mol. The second-order valence-electron chi connectivity index (χ2n) is 10.00. The summed E-state index contributed by atoms with van der Waals surface area (Å²) in [5.41, 5.74) is 10.0. The van der Waals surface area contributed by atoms with Gasteiger partial charge in [0, 0.05) is 28.4 Å². The summed E-state index contributed by atoms with van der Waals surface area (Å²) in [5.74, 6) is 0.951. The summed E-state index contributed by atoms with van der Waals surface area (Å²) < 4.78 is 6.75. The molecule has 0 spiro atoms. The summed E-state index contributed by atoms with van der Waals surface area (Å²) in [6.45, 7) is 8.81. The Kier molecular flexibility index (Phi) is 6.31. The number of hydrogen-bond acceptors (Lipinski definition) is 2. The molecule has 2 nitrogen and oxygen atoms in total. The van der Waals surface area contributed by atoms with E-state index < -0.39 is 0 Å². The largest absolute Gasteiger partial charge is 0.483 e. The number of rotatable bonds is 5. The van der Waals surface area contributed by atoms with E-state index in [4.69, 9.17) is 4.74 Å². The number of hydrogen-bond donors (Lipinski definition) is 0. The average molecular weight is 494 g/mol. The van der Waals surface area contributed by atoms with E-state index in [1.165, 1.54) is 16.7 Å². The molecule has 186 valence electrons. The van der Waals surface area contributed by atoms with Crippen molar-refractivity contribution in [3.63, 3.8) is 0 Å². The van der Waals surface area contributed by atoms with E-state index in [1.807, 2.05) is 0 Å². The van der Waals surface area contributed by atoms with Crippen LogP contribution in [0.15, 0.2) is 145 Å². The van der Waals surface area contributed by atoms with Crippen LogP contribution in [-0.4, -0.2) is 6.10 Å². The number of nitrogens with zero attached hydrogens (tertiary/aromatic N) is 1. The van der Waals surface area contributed by atoms with Gasteiger partial charge in [-0.2, -0.15) is 0 Å². The molecule has 2 unspecified atom stereocenters. The Morgan fingerprint density at radius 2 is 1.29 bits per heavy atom. The third-order valence-corrected chi connectivity index (χ3v) is 7.32. The van der Waals surface area contributed by atoms with E-state index in [9.17, 15) is 0 Å². The van der Waals surface area contributed by atoms with Crippen LogP contribution in [0.3, 0.4) is 0 Å². The lowest BCUT2D eigenvalue weighted by Crippen LogP contribution is -2.19. The van der Waals surface area contributed by atoms with Gasteiger partial charge in [-0.15, -0.1) is 0 Å². The van der Waals surface area contributed by atoms with Gasteiger partial charge in [0.05, 0.1) is 5.70 Å². The van der Waals surface area contributed by atoms with Crippen LogP contribution in [0, 0.1) is 19.8 Å². The highest BCUT2D eigenvalue weighted by atomic mass is 16.5. The van der Waals surface area contributed by atoms with Gasteiger partial charge in [-0.25, -0.2) is 0 Å². The van der Waals surface area contributed by atoms with Crippen molar-refractivity contribution in [1.82, 2.24) is 0 Å². The van der Waals surface area contributed by atoms with Crippen LogP contribution in [0.5, 0.6) is 0 Å². The van der Waals surface area contributed by atoms with E-state index in [-0.39, 0.29) is 12.0 Å². The molecule has 1 aliphatic carbocycles. The van der Waals surface area contributed by atoms with Crippen LogP contribution in [0.4, 0.5) is 11.4 Å². The van der Waals surface area contributed by atoms with E-state index in [0.29, 0.717) is 0 Å². The van der Waals surface area contributed by atoms with Gasteiger partial charge in [0.1, 0.15) is 11.9 Å².